The zero-order chi connectivity index (χ0) is 21.7. The molecule has 30 heavy (non-hydrogen) atoms. The van der Waals surface area contributed by atoms with E-state index in [1.165, 1.54) is 27.0 Å². The Hall–Kier alpha value is -1.78. The standard InChI is InChI=1S/C20H22ClN3O3S3/c1-3-24(4-2)30(26,27)16-7-5-14(6-8-16)12-22-19(25)11-15-13-28-20(23-15)17-9-10-18(21)29-17/h5-10,13H,3-4,11-12H2,1-2H3,(H,22,25). The Morgan fingerprint density at radius 2 is 1.83 bits per heavy atom. The SMILES string of the molecule is CCN(CC)S(=O)(=O)c1ccc(CNC(=O)Cc2csc(-c3ccc(Cl)s3)n2)cc1. The summed E-state index contributed by atoms with van der Waals surface area (Å²) in [6, 6.07) is 10.3. The van der Waals surface area contributed by atoms with Gasteiger partial charge < -0.3 is 5.32 Å². The van der Waals surface area contributed by atoms with E-state index in [1.807, 2.05) is 31.4 Å². The highest BCUT2D eigenvalue weighted by Crippen LogP contribution is 2.32. The number of sulfonamides is 1. The summed E-state index contributed by atoms with van der Waals surface area (Å²) in [7, 11) is -3.48. The molecule has 3 rings (SSSR count). The lowest BCUT2D eigenvalue weighted by atomic mass is 10.2. The van der Waals surface area contributed by atoms with E-state index in [4.69, 9.17) is 11.6 Å². The van der Waals surface area contributed by atoms with E-state index in [0.29, 0.717) is 29.7 Å². The highest BCUT2D eigenvalue weighted by molar-refractivity contribution is 7.89. The van der Waals surface area contributed by atoms with Crippen LogP contribution in [-0.4, -0.2) is 36.7 Å². The van der Waals surface area contributed by atoms with Gasteiger partial charge in [0.05, 0.1) is 26.2 Å². The average molecular weight is 484 g/mol. The van der Waals surface area contributed by atoms with Crippen molar-refractivity contribution in [2.24, 2.45) is 0 Å². The van der Waals surface area contributed by atoms with Gasteiger partial charge in [-0.25, -0.2) is 13.4 Å². The van der Waals surface area contributed by atoms with Crippen molar-refractivity contribution in [3.8, 4) is 9.88 Å². The molecular weight excluding hydrogens is 462 g/mol. The molecule has 0 aliphatic carbocycles. The van der Waals surface area contributed by atoms with Gasteiger partial charge in [0.25, 0.3) is 0 Å². The molecule has 0 unspecified atom stereocenters. The Balaban J connectivity index is 1.56. The Labute approximate surface area is 189 Å². The number of nitrogens with zero attached hydrogens (tertiary/aromatic N) is 2. The number of aromatic nitrogens is 1. The molecule has 1 aromatic carbocycles. The smallest absolute Gasteiger partial charge is 0.243 e. The minimum absolute atomic E-state index is 0.143. The van der Waals surface area contributed by atoms with Gasteiger partial charge in [0.1, 0.15) is 5.01 Å². The van der Waals surface area contributed by atoms with Gasteiger partial charge in [-0.3, -0.25) is 4.79 Å². The highest BCUT2D eigenvalue weighted by atomic mass is 35.5. The molecule has 1 N–H and O–H groups in total. The maximum atomic E-state index is 12.5. The number of amides is 1. The molecule has 0 radical (unpaired) electrons. The molecule has 3 aromatic rings. The predicted molar refractivity (Wildman–Crippen MR) is 123 cm³/mol. The molecule has 0 fully saturated rings. The molecule has 0 aliphatic heterocycles. The van der Waals surface area contributed by atoms with Gasteiger partial charge in [0, 0.05) is 25.0 Å². The fourth-order valence-corrected chi connectivity index (χ4v) is 6.24. The first-order valence-electron chi connectivity index (χ1n) is 9.39. The number of thiazole rings is 1. The molecule has 6 nitrogen and oxygen atoms in total. The summed E-state index contributed by atoms with van der Waals surface area (Å²) in [6.45, 7) is 4.79. The number of carbonyl (C=O) groups excluding carboxylic acids is 1. The Bertz CT molecular complexity index is 1100. The molecule has 0 saturated heterocycles. The Kier molecular flexibility index (Phi) is 7.65. The van der Waals surface area contributed by atoms with E-state index in [0.717, 1.165) is 15.4 Å². The molecule has 0 aliphatic rings. The zero-order valence-corrected chi connectivity index (χ0v) is 19.8. The van der Waals surface area contributed by atoms with Crippen LogP contribution >= 0.6 is 34.3 Å². The zero-order valence-electron chi connectivity index (χ0n) is 16.6. The molecule has 0 atom stereocenters. The van der Waals surface area contributed by atoms with Crippen LogP contribution in [-0.2, 0) is 27.8 Å². The summed E-state index contributed by atoms with van der Waals surface area (Å²) in [4.78, 5) is 18.0. The van der Waals surface area contributed by atoms with Crippen molar-refractivity contribution in [3.63, 3.8) is 0 Å². The number of hydrogen-bond donors (Lipinski definition) is 1. The van der Waals surface area contributed by atoms with Crippen molar-refractivity contribution in [1.29, 1.82) is 0 Å². The van der Waals surface area contributed by atoms with Crippen LogP contribution < -0.4 is 5.32 Å². The van der Waals surface area contributed by atoms with Crippen LogP contribution in [0.15, 0.2) is 46.7 Å². The van der Waals surface area contributed by atoms with Crippen molar-refractivity contribution in [2.75, 3.05) is 13.1 Å². The summed E-state index contributed by atoms with van der Waals surface area (Å²) >= 11 is 8.90. The summed E-state index contributed by atoms with van der Waals surface area (Å²) in [5.74, 6) is -0.143. The largest absolute Gasteiger partial charge is 0.352 e. The molecule has 2 aromatic heterocycles. The quantitative estimate of drug-likeness (QED) is 0.488. The minimum atomic E-state index is -3.48. The van der Waals surface area contributed by atoms with Crippen molar-refractivity contribution in [3.05, 3.63) is 57.4 Å². The minimum Gasteiger partial charge on any atom is -0.352 e. The molecule has 2 heterocycles. The summed E-state index contributed by atoms with van der Waals surface area (Å²) < 4.78 is 27.2. The van der Waals surface area contributed by atoms with Crippen LogP contribution in [0.4, 0.5) is 0 Å². The summed E-state index contributed by atoms with van der Waals surface area (Å²) in [6.07, 6.45) is 0.185. The van der Waals surface area contributed by atoms with Gasteiger partial charge in [0.2, 0.25) is 15.9 Å². The summed E-state index contributed by atoms with van der Waals surface area (Å²) in [5.41, 5.74) is 1.53. The van der Waals surface area contributed by atoms with Crippen LogP contribution in [0.1, 0.15) is 25.1 Å². The fourth-order valence-electron chi connectivity index (χ4n) is 2.85. The van der Waals surface area contributed by atoms with Crippen molar-refractivity contribution < 1.29 is 13.2 Å². The lowest BCUT2D eigenvalue weighted by Gasteiger charge is -2.18. The highest BCUT2D eigenvalue weighted by Gasteiger charge is 2.21. The van der Waals surface area contributed by atoms with Gasteiger partial charge in [-0.2, -0.15) is 4.31 Å². The summed E-state index contributed by atoms with van der Waals surface area (Å²) in [5, 5.41) is 5.57. The topological polar surface area (TPSA) is 79.4 Å². The number of nitrogens with one attached hydrogen (secondary N) is 1. The third-order valence-corrected chi connectivity index (χ3v) is 8.79. The molecule has 0 spiro atoms. The molecule has 0 bridgehead atoms. The first-order chi connectivity index (χ1) is 14.3. The van der Waals surface area contributed by atoms with Gasteiger partial charge in [-0.05, 0) is 29.8 Å². The molecule has 10 heteroatoms. The van der Waals surface area contributed by atoms with Gasteiger partial charge in [-0.15, -0.1) is 22.7 Å². The molecular formula is C20H22ClN3O3S3. The molecule has 0 saturated carbocycles. The van der Waals surface area contributed by atoms with Crippen LogP contribution in [0.3, 0.4) is 0 Å². The maximum Gasteiger partial charge on any atom is 0.243 e. The molecule has 160 valence electrons. The van der Waals surface area contributed by atoms with E-state index in [-0.39, 0.29) is 17.2 Å². The third-order valence-electron chi connectivity index (χ3n) is 4.43. The first kappa shape index (κ1) is 22.9. The number of carbonyl (C=O) groups is 1. The van der Waals surface area contributed by atoms with Crippen LogP contribution in [0.5, 0.6) is 0 Å². The van der Waals surface area contributed by atoms with Crippen molar-refractivity contribution >= 4 is 50.2 Å². The second-order valence-electron chi connectivity index (χ2n) is 6.43. The Morgan fingerprint density at radius 1 is 1.13 bits per heavy atom. The second-order valence-corrected chi connectivity index (χ2v) is 10.9. The number of thiophene rings is 1. The first-order valence-corrected chi connectivity index (χ1v) is 12.9. The fraction of sp³-hybridized carbons (Fsp3) is 0.300. The van der Waals surface area contributed by atoms with Crippen molar-refractivity contribution in [1.82, 2.24) is 14.6 Å². The number of benzene rings is 1. The van der Waals surface area contributed by atoms with Gasteiger partial charge in [0.15, 0.2) is 0 Å². The molecule has 1 amide bonds. The van der Waals surface area contributed by atoms with Crippen molar-refractivity contribution in [2.45, 2.75) is 31.7 Å². The number of halogens is 1. The van der Waals surface area contributed by atoms with E-state index in [1.54, 1.807) is 24.3 Å². The normalized spacial score (nSPS) is 11.7. The lowest BCUT2D eigenvalue weighted by Crippen LogP contribution is -2.30. The van der Waals surface area contributed by atoms with E-state index in [2.05, 4.69) is 10.3 Å². The number of rotatable bonds is 9. The average Bonchev–Trinajstić information content (AvgIpc) is 3.36. The Morgan fingerprint density at radius 3 is 2.43 bits per heavy atom. The van der Waals surface area contributed by atoms with E-state index >= 15 is 0 Å². The van der Waals surface area contributed by atoms with Crippen LogP contribution in [0.2, 0.25) is 4.34 Å². The van der Waals surface area contributed by atoms with Gasteiger partial charge in [-0.1, -0.05) is 37.6 Å². The monoisotopic (exact) mass is 483 g/mol. The third kappa shape index (κ3) is 5.47. The predicted octanol–water partition coefficient (Wildman–Crippen LogP) is 4.41. The maximum absolute atomic E-state index is 12.5. The van der Waals surface area contributed by atoms with Gasteiger partial charge >= 0.3 is 0 Å². The van der Waals surface area contributed by atoms with E-state index < -0.39 is 10.0 Å². The second kappa shape index (κ2) is 10.0. The lowest BCUT2D eigenvalue weighted by molar-refractivity contribution is -0.120. The number of hydrogen-bond acceptors (Lipinski definition) is 6. The van der Waals surface area contributed by atoms with Crippen LogP contribution in [0, 0.1) is 0 Å². The van der Waals surface area contributed by atoms with E-state index in [9.17, 15) is 13.2 Å². The van der Waals surface area contributed by atoms with Crippen LogP contribution in [0.25, 0.3) is 9.88 Å².